The zero-order valence-electron chi connectivity index (χ0n) is 16.0. The molecule has 31 heavy (non-hydrogen) atoms. The first-order valence-corrected chi connectivity index (χ1v) is 10.1. The molecular weight excluding hydrogens is 441 g/mol. The van der Waals surface area contributed by atoms with E-state index < -0.39 is 23.3 Å². The first-order chi connectivity index (χ1) is 14.9. The predicted molar refractivity (Wildman–Crippen MR) is 119 cm³/mol. The Kier molecular flexibility index (Phi) is 5.92. The molecule has 4 rings (SSSR count). The number of aromatic amines is 1. The molecule has 0 radical (unpaired) electrons. The van der Waals surface area contributed by atoms with Crippen molar-refractivity contribution in [1.29, 1.82) is 0 Å². The number of benzene rings is 2. The summed E-state index contributed by atoms with van der Waals surface area (Å²) in [7, 11) is 0. The summed E-state index contributed by atoms with van der Waals surface area (Å²) in [5, 5.41) is 9.04. The number of anilines is 3. The van der Waals surface area contributed by atoms with Crippen molar-refractivity contribution >= 4 is 52.5 Å². The number of fused-ring (bicyclic) bond motifs is 1. The number of halogens is 2. The number of nitrogens with one attached hydrogen (secondary N) is 4. The average molecular weight is 458 g/mol. The molecule has 2 heterocycles. The number of nitrogens with zero attached hydrogens (tertiary/aromatic N) is 1. The Bertz CT molecular complexity index is 1190. The van der Waals surface area contributed by atoms with Crippen LogP contribution in [0.3, 0.4) is 0 Å². The fraction of sp³-hybridized carbons (Fsp3) is 0.143. The van der Waals surface area contributed by atoms with Gasteiger partial charge in [0.15, 0.2) is 0 Å². The molecule has 0 bridgehead atoms. The largest absolute Gasteiger partial charge is 0.351 e. The summed E-state index contributed by atoms with van der Waals surface area (Å²) in [5.41, 5.74) is 0.989. The van der Waals surface area contributed by atoms with Crippen LogP contribution in [0.1, 0.15) is 23.5 Å². The van der Waals surface area contributed by atoms with Gasteiger partial charge in [-0.1, -0.05) is 53.5 Å². The van der Waals surface area contributed by atoms with Gasteiger partial charge in [0.25, 0.3) is 5.56 Å². The van der Waals surface area contributed by atoms with Crippen LogP contribution in [-0.4, -0.2) is 21.8 Å². The Morgan fingerprint density at radius 1 is 1.10 bits per heavy atom. The minimum absolute atomic E-state index is 0.0375. The lowest BCUT2D eigenvalue weighted by Crippen LogP contribution is -2.39. The molecule has 0 fully saturated rings. The molecule has 0 aliphatic carbocycles. The van der Waals surface area contributed by atoms with E-state index in [4.69, 9.17) is 23.2 Å². The van der Waals surface area contributed by atoms with Gasteiger partial charge in [-0.3, -0.25) is 19.4 Å². The summed E-state index contributed by atoms with van der Waals surface area (Å²) < 4.78 is 0. The van der Waals surface area contributed by atoms with Crippen LogP contribution in [0.25, 0.3) is 0 Å². The highest BCUT2D eigenvalue weighted by molar-refractivity contribution is 6.35. The predicted octanol–water partition coefficient (Wildman–Crippen LogP) is 3.56. The molecule has 1 aromatic heterocycles. The van der Waals surface area contributed by atoms with Crippen LogP contribution in [-0.2, 0) is 16.1 Å². The van der Waals surface area contributed by atoms with Gasteiger partial charge in [-0.25, -0.2) is 0 Å². The molecule has 2 aromatic carbocycles. The number of carbonyl (C=O) groups is 2. The lowest BCUT2D eigenvalue weighted by molar-refractivity contribution is -0.126. The number of amides is 2. The standard InChI is InChI=1S/C21H17Cl2N5O3/c22-12-6-13(23)8-14(7-12)25-21-27-18-17(20(31)28-21)15(9-16(29)26-18)19(30)24-10-11-4-2-1-3-5-11/h1-8,15H,9-10H2,(H,24,30)(H3,25,26,27,28,29,31)/t15-/m0/s1. The maximum absolute atomic E-state index is 12.8. The normalized spacial score (nSPS) is 15.0. The maximum Gasteiger partial charge on any atom is 0.258 e. The van der Waals surface area contributed by atoms with Crippen LogP contribution in [0.4, 0.5) is 17.5 Å². The first-order valence-electron chi connectivity index (χ1n) is 9.38. The molecule has 0 saturated heterocycles. The van der Waals surface area contributed by atoms with Crippen molar-refractivity contribution in [3.8, 4) is 0 Å². The van der Waals surface area contributed by atoms with Gasteiger partial charge in [0.1, 0.15) is 5.82 Å². The summed E-state index contributed by atoms with van der Waals surface area (Å²) in [5.74, 6) is -1.65. The van der Waals surface area contributed by atoms with Gasteiger partial charge in [0.05, 0.1) is 11.5 Å². The maximum atomic E-state index is 12.8. The second-order valence-electron chi connectivity index (χ2n) is 6.97. The Morgan fingerprint density at radius 2 is 1.81 bits per heavy atom. The van der Waals surface area contributed by atoms with Crippen molar-refractivity contribution in [2.24, 2.45) is 0 Å². The van der Waals surface area contributed by atoms with Crippen molar-refractivity contribution in [3.63, 3.8) is 0 Å². The highest BCUT2D eigenvalue weighted by atomic mass is 35.5. The van der Waals surface area contributed by atoms with Crippen molar-refractivity contribution in [2.75, 3.05) is 10.6 Å². The lowest BCUT2D eigenvalue weighted by Gasteiger charge is -2.23. The Hall–Kier alpha value is -3.36. The van der Waals surface area contributed by atoms with Crippen LogP contribution in [0.5, 0.6) is 0 Å². The Morgan fingerprint density at radius 3 is 2.52 bits per heavy atom. The first kappa shape index (κ1) is 20.9. The SMILES string of the molecule is O=C1C[C@H](C(=O)NCc2ccccc2)c2c(nc(Nc3cc(Cl)cc(Cl)c3)[nH]c2=O)N1. The van der Waals surface area contributed by atoms with Gasteiger partial charge < -0.3 is 16.0 Å². The monoisotopic (exact) mass is 457 g/mol. The summed E-state index contributed by atoms with van der Waals surface area (Å²) in [6.45, 7) is 0.285. The van der Waals surface area contributed by atoms with E-state index in [-0.39, 0.29) is 30.3 Å². The lowest BCUT2D eigenvalue weighted by atomic mass is 9.92. The second kappa shape index (κ2) is 8.79. The fourth-order valence-corrected chi connectivity index (χ4v) is 3.85. The van der Waals surface area contributed by atoms with E-state index in [1.807, 2.05) is 30.3 Å². The van der Waals surface area contributed by atoms with Crippen molar-refractivity contribution < 1.29 is 9.59 Å². The van der Waals surface area contributed by atoms with Gasteiger partial charge in [-0.05, 0) is 23.8 Å². The summed E-state index contributed by atoms with van der Waals surface area (Å²) >= 11 is 12.0. The van der Waals surface area contributed by atoms with Gasteiger partial charge in [-0.2, -0.15) is 4.98 Å². The molecule has 4 N–H and O–H groups in total. The van der Waals surface area contributed by atoms with Gasteiger partial charge in [0, 0.05) is 28.7 Å². The molecular formula is C21H17Cl2N5O3. The zero-order chi connectivity index (χ0) is 22.0. The molecule has 0 spiro atoms. The molecule has 2 amide bonds. The van der Waals surface area contributed by atoms with E-state index in [1.165, 1.54) is 0 Å². The van der Waals surface area contributed by atoms with Crippen LogP contribution >= 0.6 is 23.2 Å². The van der Waals surface area contributed by atoms with E-state index in [1.54, 1.807) is 18.2 Å². The number of hydrogen-bond acceptors (Lipinski definition) is 5. The minimum atomic E-state index is -0.946. The third-order valence-electron chi connectivity index (χ3n) is 4.70. The van der Waals surface area contributed by atoms with Crippen molar-refractivity contribution in [2.45, 2.75) is 18.9 Å². The van der Waals surface area contributed by atoms with Crippen LogP contribution in [0.15, 0.2) is 53.3 Å². The number of aromatic nitrogens is 2. The topological polar surface area (TPSA) is 116 Å². The highest BCUT2D eigenvalue weighted by Gasteiger charge is 2.34. The third-order valence-corrected chi connectivity index (χ3v) is 5.14. The number of hydrogen-bond donors (Lipinski definition) is 4. The zero-order valence-corrected chi connectivity index (χ0v) is 17.6. The molecule has 1 aliphatic rings. The van der Waals surface area contributed by atoms with Crippen LogP contribution in [0, 0.1) is 0 Å². The molecule has 1 aliphatic heterocycles. The van der Waals surface area contributed by atoms with Crippen LogP contribution in [0.2, 0.25) is 10.0 Å². The smallest absolute Gasteiger partial charge is 0.258 e. The summed E-state index contributed by atoms with van der Waals surface area (Å²) in [6.07, 6.45) is -0.144. The quantitative estimate of drug-likeness (QED) is 0.467. The van der Waals surface area contributed by atoms with E-state index in [0.29, 0.717) is 15.7 Å². The molecule has 10 heteroatoms. The Balaban J connectivity index is 1.59. The molecule has 8 nitrogen and oxygen atoms in total. The van der Waals surface area contributed by atoms with E-state index >= 15 is 0 Å². The third kappa shape index (κ3) is 4.87. The number of rotatable bonds is 5. The molecule has 0 unspecified atom stereocenters. The number of H-pyrrole nitrogens is 1. The molecule has 158 valence electrons. The van der Waals surface area contributed by atoms with Crippen molar-refractivity contribution in [1.82, 2.24) is 15.3 Å². The van der Waals surface area contributed by atoms with E-state index in [9.17, 15) is 14.4 Å². The van der Waals surface area contributed by atoms with Crippen LogP contribution < -0.4 is 21.5 Å². The molecule has 1 atom stereocenters. The highest BCUT2D eigenvalue weighted by Crippen LogP contribution is 2.30. The Labute approximate surface area is 187 Å². The number of carbonyl (C=O) groups excluding carboxylic acids is 2. The minimum Gasteiger partial charge on any atom is -0.351 e. The van der Waals surface area contributed by atoms with E-state index in [2.05, 4.69) is 25.9 Å². The van der Waals surface area contributed by atoms with Gasteiger partial charge in [-0.15, -0.1) is 0 Å². The van der Waals surface area contributed by atoms with E-state index in [0.717, 1.165) is 5.56 Å². The van der Waals surface area contributed by atoms with Gasteiger partial charge >= 0.3 is 0 Å². The van der Waals surface area contributed by atoms with Gasteiger partial charge in [0.2, 0.25) is 17.8 Å². The van der Waals surface area contributed by atoms with Crippen molar-refractivity contribution in [3.05, 3.63) is 80.1 Å². The fourth-order valence-electron chi connectivity index (χ4n) is 3.33. The second-order valence-corrected chi connectivity index (χ2v) is 7.84. The average Bonchev–Trinajstić information content (AvgIpc) is 2.71. The summed E-state index contributed by atoms with van der Waals surface area (Å²) in [4.78, 5) is 44.6. The molecule has 0 saturated carbocycles. The summed E-state index contributed by atoms with van der Waals surface area (Å²) in [6, 6.07) is 14.1. The molecule has 3 aromatic rings.